The molecule has 1 aliphatic rings. The number of carbonyl (C=O) groups excluding carboxylic acids is 1. The van der Waals surface area contributed by atoms with E-state index in [1.165, 1.54) is 0 Å². The Morgan fingerprint density at radius 3 is 3.06 bits per heavy atom. The molecule has 1 atom stereocenters. The van der Waals surface area contributed by atoms with Crippen LogP contribution in [-0.2, 0) is 10.4 Å². The summed E-state index contributed by atoms with van der Waals surface area (Å²) in [7, 11) is 0. The zero-order valence-electron chi connectivity index (χ0n) is 8.99. The molecular formula is C11H14N2O3. The van der Waals surface area contributed by atoms with E-state index in [-0.39, 0.29) is 19.1 Å². The molecule has 4 N–H and O–H groups in total. The average molecular weight is 222 g/mol. The van der Waals surface area contributed by atoms with Crippen molar-refractivity contribution in [1.29, 1.82) is 0 Å². The molecule has 1 amide bonds. The van der Waals surface area contributed by atoms with Crippen molar-refractivity contribution in [3.63, 3.8) is 0 Å². The Morgan fingerprint density at radius 2 is 2.38 bits per heavy atom. The highest BCUT2D eigenvalue weighted by Crippen LogP contribution is 2.32. The van der Waals surface area contributed by atoms with Crippen LogP contribution in [0.25, 0.3) is 0 Å². The van der Waals surface area contributed by atoms with Crippen LogP contribution in [0.2, 0.25) is 0 Å². The van der Waals surface area contributed by atoms with Crippen LogP contribution in [0.5, 0.6) is 5.75 Å². The predicted octanol–water partition coefficient (Wildman–Crippen LogP) is 0.184. The molecule has 5 nitrogen and oxygen atoms in total. The number of nitrogens with one attached hydrogen (secondary N) is 1. The van der Waals surface area contributed by atoms with Gasteiger partial charge in [0.2, 0.25) is 0 Å². The van der Waals surface area contributed by atoms with Crippen molar-refractivity contribution in [1.82, 2.24) is 0 Å². The number of fused-ring (bicyclic) bond motifs is 1. The highest BCUT2D eigenvalue weighted by molar-refractivity contribution is 5.95. The van der Waals surface area contributed by atoms with E-state index in [9.17, 15) is 9.90 Å². The standard InChI is InChI=1S/C11H14N2O3/c1-11(15,6-12)7-2-3-9-8(4-7)13-10(14)5-16-9/h2-4,15H,5-6,12H2,1H3,(H,13,14). The van der Waals surface area contributed by atoms with Gasteiger partial charge in [0, 0.05) is 6.54 Å². The van der Waals surface area contributed by atoms with Gasteiger partial charge in [0.1, 0.15) is 5.75 Å². The van der Waals surface area contributed by atoms with Crippen LogP contribution in [0.4, 0.5) is 5.69 Å². The number of rotatable bonds is 2. The first-order valence-corrected chi connectivity index (χ1v) is 5.02. The number of hydrogen-bond acceptors (Lipinski definition) is 4. The summed E-state index contributed by atoms with van der Waals surface area (Å²) < 4.78 is 5.21. The van der Waals surface area contributed by atoms with Gasteiger partial charge >= 0.3 is 0 Å². The Balaban J connectivity index is 2.38. The molecule has 16 heavy (non-hydrogen) atoms. The van der Waals surface area contributed by atoms with E-state index in [1.807, 2.05) is 0 Å². The molecule has 1 aliphatic heterocycles. The first-order chi connectivity index (χ1) is 7.53. The lowest BCUT2D eigenvalue weighted by Crippen LogP contribution is -2.32. The molecule has 0 aliphatic carbocycles. The zero-order chi connectivity index (χ0) is 11.8. The summed E-state index contributed by atoms with van der Waals surface area (Å²) in [6, 6.07) is 5.14. The second-order valence-electron chi connectivity index (χ2n) is 4.03. The van der Waals surface area contributed by atoms with Gasteiger partial charge in [-0.05, 0) is 24.6 Å². The molecule has 2 rings (SSSR count). The summed E-state index contributed by atoms with van der Waals surface area (Å²) in [5, 5.41) is 12.7. The van der Waals surface area contributed by atoms with Crippen molar-refractivity contribution in [2.75, 3.05) is 18.5 Å². The molecular weight excluding hydrogens is 208 g/mol. The fourth-order valence-corrected chi connectivity index (χ4v) is 1.54. The van der Waals surface area contributed by atoms with Crippen molar-refractivity contribution in [2.24, 2.45) is 5.73 Å². The van der Waals surface area contributed by atoms with Crippen LogP contribution in [0, 0.1) is 0 Å². The van der Waals surface area contributed by atoms with Gasteiger partial charge in [-0.3, -0.25) is 4.79 Å². The minimum atomic E-state index is -1.10. The molecule has 1 unspecified atom stereocenters. The van der Waals surface area contributed by atoms with Crippen molar-refractivity contribution >= 4 is 11.6 Å². The summed E-state index contributed by atoms with van der Waals surface area (Å²) in [6.45, 7) is 1.76. The number of aliphatic hydroxyl groups is 1. The molecule has 0 saturated carbocycles. The summed E-state index contributed by atoms with van der Waals surface area (Å²) >= 11 is 0. The largest absolute Gasteiger partial charge is 0.482 e. The lowest BCUT2D eigenvalue weighted by molar-refractivity contribution is -0.118. The van der Waals surface area contributed by atoms with E-state index in [2.05, 4.69) is 5.32 Å². The highest BCUT2D eigenvalue weighted by Gasteiger charge is 2.24. The molecule has 0 saturated heterocycles. The number of benzene rings is 1. The van der Waals surface area contributed by atoms with Gasteiger partial charge in [-0.2, -0.15) is 0 Å². The Morgan fingerprint density at radius 1 is 1.62 bits per heavy atom. The van der Waals surface area contributed by atoms with Crippen molar-refractivity contribution in [3.05, 3.63) is 23.8 Å². The Hall–Kier alpha value is -1.59. The van der Waals surface area contributed by atoms with E-state index < -0.39 is 5.60 Å². The number of hydrogen-bond donors (Lipinski definition) is 3. The van der Waals surface area contributed by atoms with Gasteiger partial charge in [0.15, 0.2) is 6.61 Å². The first kappa shape index (κ1) is 10.9. The Labute approximate surface area is 93.2 Å². The molecule has 1 aromatic carbocycles. The third kappa shape index (κ3) is 1.87. The lowest BCUT2D eigenvalue weighted by atomic mass is 9.95. The predicted molar refractivity (Wildman–Crippen MR) is 59.2 cm³/mol. The topological polar surface area (TPSA) is 84.6 Å². The quantitative estimate of drug-likeness (QED) is 0.666. The molecule has 0 bridgehead atoms. The van der Waals surface area contributed by atoms with E-state index in [4.69, 9.17) is 10.5 Å². The van der Waals surface area contributed by atoms with Crippen molar-refractivity contribution < 1.29 is 14.6 Å². The number of amides is 1. The monoisotopic (exact) mass is 222 g/mol. The molecule has 1 aromatic rings. The third-order valence-electron chi connectivity index (χ3n) is 2.63. The fraction of sp³-hybridized carbons (Fsp3) is 0.364. The van der Waals surface area contributed by atoms with Crippen molar-refractivity contribution in [3.8, 4) is 5.75 Å². The number of nitrogens with two attached hydrogens (primary N) is 1. The summed E-state index contributed by atoms with van der Waals surface area (Å²) in [4.78, 5) is 11.1. The minimum absolute atomic E-state index is 0.0274. The molecule has 0 aromatic heterocycles. The average Bonchev–Trinajstić information content (AvgIpc) is 2.28. The molecule has 0 radical (unpaired) electrons. The second kappa shape index (κ2) is 3.77. The van der Waals surface area contributed by atoms with E-state index >= 15 is 0 Å². The zero-order valence-corrected chi connectivity index (χ0v) is 8.99. The van der Waals surface area contributed by atoms with Crippen LogP contribution in [0.15, 0.2) is 18.2 Å². The van der Waals surface area contributed by atoms with Crippen LogP contribution in [0.1, 0.15) is 12.5 Å². The maximum Gasteiger partial charge on any atom is 0.262 e. The van der Waals surface area contributed by atoms with Crippen molar-refractivity contribution in [2.45, 2.75) is 12.5 Å². The van der Waals surface area contributed by atoms with Gasteiger partial charge in [-0.1, -0.05) is 6.07 Å². The number of anilines is 1. The third-order valence-corrected chi connectivity index (χ3v) is 2.63. The molecule has 1 heterocycles. The maximum absolute atomic E-state index is 11.1. The van der Waals surface area contributed by atoms with Gasteiger partial charge < -0.3 is 20.9 Å². The smallest absolute Gasteiger partial charge is 0.262 e. The summed E-state index contributed by atoms with van der Waals surface area (Å²) in [5.41, 5.74) is 5.60. The highest BCUT2D eigenvalue weighted by atomic mass is 16.5. The summed E-state index contributed by atoms with van der Waals surface area (Å²) in [6.07, 6.45) is 0. The van der Waals surface area contributed by atoms with Gasteiger partial charge in [0.25, 0.3) is 5.91 Å². The number of carbonyl (C=O) groups is 1. The van der Waals surface area contributed by atoms with Crippen LogP contribution >= 0.6 is 0 Å². The van der Waals surface area contributed by atoms with Gasteiger partial charge in [-0.25, -0.2) is 0 Å². The van der Waals surface area contributed by atoms with Crippen LogP contribution < -0.4 is 15.8 Å². The minimum Gasteiger partial charge on any atom is -0.482 e. The van der Waals surface area contributed by atoms with E-state index in [0.717, 1.165) is 0 Å². The van der Waals surface area contributed by atoms with Crippen LogP contribution in [-0.4, -0.2) is 24.2 Å². The maximum atomic E-state index is 11.1. The Bertz CT molecular complexity index is 429. The van der Waals surface area contributed by atoms with Gasteiger partial charge in [-0.15, -0.1) is 0 Å². The molecule has 0 fully saturated rings. The van der Waals surface area contributed by atoms with E-state index in [0.29, 0.717) is 17.0 Å². The molecule has 86 valence electrons. The second-order valence-corrected chi connectivity index (χ2v) is 4.03. The van der Waals surface area contributed by atoms with E-state index in [1.54, 1.807) is 25.1 Å². The first-order valence-electron chi connectivity index (χ1n) is 5.02. The normalized spacial score (nSPS) is 18.1. The van der Waals surface area contributed by atoms with Crippen LogP contribution in [0.3, 0.4) is 0 Å². The fourth-order valence-electron chi connectivity index (χ4n) is 1.54. The Kier molecular flexibility index (Phi) is 2.57. The molecule has 5 heteroatoms. The van der Waals surface area contributed by atoms with Gasteiger partial charge in [0.05, 0.1) is 11.3 Å². The SMILES string of the molecule is CC(O)(CN)c1ccc2c(c1)NC(=O)CO2. The molecule has 0 spiro atoms. The summed E-state index contributed by atoms with van der Waals surface area (Å²) in [5.74, 6) is 0.410. The number of ether oxygens (including phenoxy) is 1. The lowest BCUT2D eigenvalue weighted by Gasteiger charge is -2.24.